The van der Waals surface area contributed by atoms with Crippen LogP contribution in [0.15, 0.2) is 34.7 Å². The fourth-order valence-corrected chi connectivity index (χ4v) is 2.76. The number of furan rings is 1. The highest BCUT2D eigenvalue weighted by Gasteiger charge is 2.13. The van der Waals surface area contributed by atoms with Gasteiger partial charge in [-0.1, -0.05) is 29.8 Å². The molecule has 0 unspecified atom stereocenters. The molecule has 0 aliphatic rings. The molecule has 0 radical (unpaired) electrons. The van der Waals surface area contributed by atoms with Gasteiger partial charge in [-0.3, -0.25) is 0 Å². The van der Waals surface area contributed by atoms with Gasteiger partial charge in [0.05, 0.1) is 5.75 Å². The number of carboxylic acids is 1. The Morgan fingerprint density at radius 1 is 1.26 bits per heavy atom. The summed E-state index contributed by atoms with van der Waals surface area (Å²) in [6.45, 7) is 3.75. The van der Waals surface area contributed by atoms with Gasteiger partial charge in [0.2, 0.25) is 0 Å². The quantitative estimate of drug-likeness (QED) is 0.895. The molecular formula is C15H16O3S. The molecule has 1 N–H and O–H groups in total. The van der Waals surface area contributed by atoms with Gasteiger partial charge in [0.25, 0.3) is 0 Å². The van der Waals surface area contributed by atoms with Crippen LogP contribution in [0.5, 0.6) is 0 Å². The summed E-state index contributed by atoms with van der Waals surface area (Å²) in [7, 11) is 0. The predicted octanol–water partition coefficient (Wildman–Crippen LogP) is 4.03. The first-order valence-electron chi connectivity index (χ1n) is 6.02. The topological polar surface area (TPSA) is 50.4 Å². The number of carbonyl (C=O) groups is 1. The maximum absolute atomic E-state index is 10.9. The van der Waals surface area contributed by atoms with Crippen molar-refractivity contribution >= 4 is 17.7 Å². The Morgan fingerprint density at radius 3 is 2.68 bits per heavy atom. The Bertz CT molecular complexity index is 587. The van der Waals surface area contributed by atoms with Crippen LogP contribution in [0.4, 0.5) is 0 Å². The van der Waals surface area contributed by atoms with Crippen LogP contribution in [-0.2, 0) is 11.5 Å². The van der Waals surface area contributed by atoms with E-state index >= 15 is 0 Å². The Labute approximate surface area is 116 Å². The summed E-state index contributed by atoms with van der Waals surface area (Å²) in [5.74, 6) is 1.83. The third-order valence-corrected chi connectivity index (χ3v) is 3.82. The summed E-state index contributed by atoms with van der Waals surface area (Å²) < 4.78 is 5.44. The summed E-state index contributed by atoms with van der Waals surface area (Å²) in [6, 6.07) is 9.98. The average molecular weight is 276 g/mol. The first-order chi connectivity index (χ1) is 9.06. The minimum absolute atomic E-state index is 0.256. The molecule has 4 heteroatoms. The van der Waals surface area contributed by atoms with E-state index in [0.29, 0.717) is 17.3 Å². The Kier molecular flexibility index (Phi) is 4.32. The van der Waals surface area contributed by atoms with Gasteiger partial charge < -0.3 is 9.52 Å². The van der Waals surface area contributed by atoms with Gasteiger partial charge in [-0.25, -0.2) is 4.79 Å². The van der Waals surface area contributed by atoms with Crippen LogP contribution < -0.4 is 0 Å². The van der Waals surface area contributed by atoms with Gasteiger partial charge in [-0.2, -0.15) is 0 Å². The van der Waals surface area contributed by atoms with E-state index in [1.807, 2.05) is 6.07 Å². The summed E-state index contributed by atoms with van der Waals surface area (Å²) >= 11 is 1.72. The molecule has 0 spiro atoms. The number of benzene rings is 1. The number of hydrogen-bond acceptors (Lipinski definition) is 3. The molecular weight excluding hydrogens is 260 g/mol. The molecule has 2 rings (SSSR count). The molecule has 19 heavy (non-hydrogen) atoms. The van der Waals surface area contributed by atoms with Crippen LogP contribution in [0.25, 0.3) is 0 Å². The van der Waals surface area contributed by atoms with E-state index in [4.69, 9.17) is 9.52 Å². The van der Waals surface area contributed by atoms with Gasteiger partial charge in [0, 0.05) is 5.75 Å². The highest BCUT2D eigenvalue weighted by molar-refractivity contribution is 7.97. The molecule has 0 bridgehead atoms. The number of rotatable bonds is 5. The fraction of sp³-hybridized carbons (Fsp3) is 0.267. The lowest BCUT2D eigenvalue weighted by Gasteiger charge is -2.01. The Balaban J connectivity index is 1.92. The highest BCUT2D eigenvalue weighted by Crippen LogP contribution is 2.22. The second kappa shape index (κ2) is 5.97. The lowest BCUT2D eigenvalue weighted by atomic mass is 10.2. The van der Waals surface area contributed by atoms with Crippen molar-refractivity contribution < 1.29 is 14.3 Å². The number of carboxylic acid groups (broad SMARTS) is 1. The summed E-state index contributed by atoms with van der Waals surface area (Å²) in [5.41, 5.74) is 2.78. The van der Waals surface area contributed by atoms with E-state index in [9.17, 15) is 4.79 Å². The van der Waals surface area contributed by atoms with Crippen LogP contribution in [0.3, 0.4) is 0 Å². The summed E-state index contributed by atoms with van der Waals surface area (Å²) in [5, 5.41) is 8.95. The number of aromatic carboxylic acids is 1. The van der Waals surface area contributed by atoms with Crippen molar-refractivity contribution in [2.24, 2.45) is 0 Å². The van der Waals surface area contributed by atoms with Crippen molar-refractivity contribution in [1.82, 2.24) is 0 Å². The van der Waals surface area contributed by atoms with Gasteiger partial charge in [0.15, 0.2) is 0 Å². The van der Waals surface area contributed by atoms with Crippen LogP contribution in [0.1, 0.15) is 33.0 Å². The van der Waals surface area contributed by atoms with Crippen LogP contribution in [-0.4, -0.2) is 11.1 Å². The zero-order chi connectivity index (χ0) is 13.8. The van der Waals surface area contributed by atoms with Gasteiger partial charge >= 0.3 is 5.97 Å². The normalized spacial score (nSPS) is 10.6. The van der Waals surface area contributed by atoms with E-state index in [1.54, 1.807) is 24.8 Å². The molecule has 0 saturated carbocycles. The zero-order valence-electron chi connectivity index (χ0n) is 11.0. The maximum atomic E-state index is 10.9. The van der Waals surface area contributed by atoms with Crippen LogP contribution >= 0.6 is 11.8 Å². The van der Waals surface area contributed by atoms with Crippen molar-refractivity contribution in [3.05, 3.63) is 58.5 Å². The standard InChI is InChI=1S/C15H16O3S/c1-10-4-3-5-12(6-10)8-19-9-13-7-14(15(16)17)11(2)18-13/h3-7H,8-9H2,1-2H3,(H,16,17). The predicted molar refractivity (Wildman–Crippen MR) is 76.6 cm³/mol. The second-order valence-corrected chi connectivity index (χ2v) is 5.46. The molecule has 0 aliphatic heterocycles. The monoisotopic (exact) mass is 276 g/mol. The molecule has 0 amide bonds. The van der Waals surface area contributed by atoms with E-state index < -0.39 is 5.97 Å². The second-order valence-electron chi connectivity index (χ2n) is 4.47. The van der Waals surface area contributed by atoms with E-state index in [-0.39, 0.29) is 5.56 Å². The van der Waals surface area contributed by atoms with Crippen molar-refractivity contribution in [1.29, 1.82) is 0 Å². The van der Waals surface area contributed by atoms with Gasteiger partial charge in [-0.05, 0) is 25.5 Å². The molecule has 1 heterocycles. The first kappa shape index (κ1) is 13.7. The SMILES string of the molecule is Cc1cccc(CSCc2cc(C(=O)O)c(C)o2)c1. The van der Waals surface area contributed by atoms with E-state index in [0.717, 1.165) is 5.75 Å². The minimum Gasteiger partial charge on any atom is -0.478 e. The third-order valence-electron chi connectivity index (χ3n) is 2.79. The molecule has 0 atom stereocenters. The van der Waals surface area contributed by atoms with E-state index in [1.165, 1.54) is 11.1 Å². The Hall–Kier alpha value is -1.68. The summed E-state index contributed by atoms with van der Waals surface area (Å²) in [6.07, 6.45) is 0. The van der Waals surface area contributed by atoms with Crippen molar-refractivity contribution in [2.75, 3.05) is 0 Å². The molecule has 1 aromatic heterocycles. The largest absolute Gasteiger partial charge is 0.478 e. The number of thioether (sulfide) groups is 1. The van der Waals surface area contributed by atoms with Crippen molar-refractivity contribution in [3.8, 4) is 0 Å². The highest BCUT2D eigenvalue weighted by atomic mass is 32.2. The zero-order valence-corrected chi connectivity index (χ0v) is 11.8. The fourth-order valence-electron chi connectivity index (χ4n) is 1.90. The molecule has 0 fully saturated rings. The van der Waals surface area contributed by atoms with Gasteiger partial charge in [-0.15, -0.1) is 11.8 Å². The van der Waals surface area contributed by atoms with Crippen LogP contribution in [0.2, 0.25) is 0 Å². The first-order valence-corrected chi connectivity index (χ1v) is 7.17. The van der Waals surface area contributed by atoms with Crippen molar-refractivity contribution in [2.45, 2.75) is 25.4 Å². The number of aryl methyl sites for hydroxylation is 2. The third kappa shape index (κ3) is 3.64. The number of hydrogen-bond donors (Lipinski definition) is 1. The van der Waals surface area contributed by atoms with Gasteiger partial charge in [0.1, 0.15) is 17.1 Å². The molecule has 1 aromatic carbocycles. The Morgan fingerprint density at radius 2 is 2.05 bits per heavy atom. The minimum atomic E-state index is -0.934. The summed E-state index contributed by atoms with van der Waals surface area (Å²) in [4.78, 5) is 10.9. The molecule has 3 nitrogen and oxygen atoms in total. The average Bonchev–Trinajstić information content (AvgIpc) is 2.71. The van der Waals surface area contributed by atoms with E-state index in [2.05, 4.69) is 25.1 Å². The lowest BCUT2D eigenvalue weighted by molar-refractivity contribution is 0.0695. The van der Waals surface area contributed by atoms with Crippen LogP contribution in [0, 0.1) is 13.8 Å². The smallest absolute Gasteiger partial charge is 0.339 e. The molecule has 2 aromatic rings. The molecule has 0 saturated heterocycles. The van der Waals surface area contributed by atoms with Crippen molar-refractivity contribution in [3.63, 3.8) is 0 Å². The maximum Gasteiger partial charge on any atom is 0.339 e. The molecule has 0 aliphatic carbocycles. The lowest BCUT2D eigenvalue weighted by Crippen LogP contribution is -1.94. The molecule has 100 valence electrons.